The number of hydrogen-bond acceptors (Lipinski definition) is 3. The molecule has 3 N–H and O–H groups in total. The molecule has 62 valence electrons. The fraction of sp³-hybridized carbons (Fsp3) is 1.00. The van der Waals surface area contributed by atoms with Gasteiger partial charge in [-0.2, -0.15) is 0 Å². The molecule has 4 heteroatoms. The summed E-state index contributed by atoms with van der Waals surface area (Å²) >= 11 is 0. The van der Waals surface area contributed by atoms with Gasteiger partial charge in [-0.15, -0.1) is 0 Å². The van der Waals surface area contributed by atoms with Crippen LogP contribution < -0.4 is 11.1 Å². The molecule has 0 saturated heterocycles. The molecule has 3 nitrogen and oxygen atoms in total. The van der Waals surface area contributed by atoms with Crippen LogP contribution in [0, 0.1) is 0 Å². The summed E-state index contributed by atoms with van der Waals surface area (Å²) < 4.78 is 10.6. The Labute approximate surface area is 64.8 Å². The van der Waals surface area contributed by atoms with Crippen molar-refractivity contribution in [2.75, 3.05) is 25.1 Å². The quantitative estimate of drug-likeness (QED) is 0.565. The zero-order chi connectivity index (χ0) is 7.98. The molecule has 10 heavy (non-hydrogen) atoms. The van der Waals surface area contributed by atoms with Gasteiger partial charge in [0, 0.05) is 41.9 Å². The standard InChI is InChI=1S/C6H16N2OS/c1-6(5-7)8-3-4-10(2)9/h6,8H,3-5,7H2,1-2H3. The minimum absolute atomic E-state index is 0.337. The minimum atomic E-state index is -0.687. The molecule has 2 unspecified atom stereocenters. The number of nitrogens with one attached hydrogen (secondary N) is 1. The summed E-state index contributed by atoms with van der Waals surface area (Å²) in [5.41, 5.74) is 5.35. The highest BCUT2D eigenvalue weighted by Crippen LogP contribution is 1.76. The fourth-order valence-electron chi connectivity index (χ4n) is 0.532. The van der Waals surface area contributed by atoms with E-state index in [0.717, 1.165) is 6.54 Å². The summed E-state index contributed by atoms with van der Waals surface area (Å²) in [6.45, 7) is 3.44. The Bertz CT molecular complexity index is 108. The van der Waals surface area contributed by atoms with Gasteiger partial charge in [0.15, 0.2) is 0 Å². The molecule has 0 aliphatic carbocycles. The van der Waals surface area contributed by atoms with Crippen molar-refractivity contribution in [3.63, 3.8) is 0 Å². The highest BCUT2D eigenvalue weighted by atomic mass is 32.2. The largest absolute Gasteiger partial charge is 0.329 e. The number of nitrogens with two attached hydrogens (primary N) is 1. The van der Waals surface area contributed by atoms with Gasteiger partial charge in [0.2, 0.25) is 0 Å². The molecule has 0 heterocycles. The lowest BCUT2D eigenvalue weighted by Gasteiger charge is -2.09. The van der Waals surface area contributed by atoms with E-state index in [1.165, 1.54) is 0 Å². The maximum atomic E-state index is 10.6. The van der Waals surface area contributed by atoms with Crippen LogP contribution in [-0.2, 0) is 10.8 Å². The van der Waals surface area contributed by atoms with E-state index in [9.17, 15) is 4.21 Å². The van der Waals surface area contributed by atoms with Crippen LogP contribution in [0.4, 0.5) is 0 Å². The monoisotopic (exact) mass is 164 g/mol. The van der Waals surface area contributed by atoms with Crippen LogP contribution in [0.3, 0.4) is 0 Å². The van der Waals surface area contributed by atoms with Crippen LogP contribution in [0.1, 0.15) is 6.92 Å². The van der Waals surface area contributed by atoms with Gasteiger partial charge < -0.3 is 11.1 Å². The summed E-state index contributed by atoms with van der Waals surface area (Å²) in [6, 6.07) is 0.337. The molecular weight excluding hydrogens is 148 g/mol. The average molecular weight is 164 g/mol. The van der Waals surface area contributed by atoms with E-state index in [1.54, 1.807) is 6.26 Å². The molecule has 0 spiro atoms. The van der Waals surface area contributed by atoms with E-state index < -0.39 is 10.8 Å². The molecule has 0 aromatic carbocycles. The minimum Gasteiger partial charge on any atom is -0.329 e. The zero-order valence-corrected chi connectivity index (χ0v) is 7.41. The first-order valence-corrected chi connectivity index (χ1v) is 5.13. The van der Waals surface area contributed by atoms with Crippen LogP contribution in [0.15, 0.2) is 0 Å². The van der Waals surface area contributed by atoms with Crippen molar-refractivity contribution in [3.05, 3.63) is 0 Å². The smallest absolute Gasteiger partial charge is 0.0357 e. The van der Waals surface area contributed by atoms with E-state index in [4.69, 9.17) is 5.73 Å². The normalized spacial score (nSPS) is 16.7. The molecule has 0 radical (unpaired) electrons. The van der Waals surface area contributed by atoms with Crippen molar-refractivity contribution in [2.24, 2.45) is 5.73 Å². The Morgan fingerprint density at radius 3 is 2.70 bits per heavy atom. The SMILES string of the molecule is CC(CN)NCCS(C)=O. The Kier molecular flexibility index (Phi) is 5.87. The van der Waals surface area contributed by atoms with Crippen molar-refractivity contribution in [1.29, 1.82) is 0 Å². The lowest BCUT2D eigenvalue weighted by Crippen LogP contribution is -2.35. The average Bonchev–Trinajstić information content (AvgIpc) is 1.87. The molecule has 0 bridgehead atoms. The van der Waals surface area contributed by atoms with Gasteiger partial charge >= 0.3 is 0 Å². The van der Waals surface area contributed by atoms with E-state index in [1.807, 2.05) is 6.92 Å². The molecule has 0 rings (SSSR count). The van der Waals surface area contributed by atoms with Crippen LogP contribution in [-0.4, -0.2) is 35.3 Å². The second-order valence-corrected chi connectivity index (χ2v) is 3.92. The highest BCUT2D eigenvalue weighted by Gasteiger charge is 1.96. The third kappa shape index (κ3) is 6.19. The lowest BCUT2D eigenvalue weighted by atomic mass is 10.3. The second kappa shape index (κ2) is 5.82. The maximum Gasteiger partial charge on any atom is 0.0357 e. The van der Waals surface area contributed by atoms with E-state index in [0.29, 0.717) is 18.3 Å². The molecule has 0 amide bonds. The predicted octanol–water partition coefficient (Wildman–Crippen LogP) is -0.698. The van der Waals surface area contributed by atoms with E-state index in [2.05, 4.69) is 5.32 Å². The molecule has 0 aliphatic rings. The van der Waals surface area contributed by atoms with Crippen molar-refractivity contribution in [1.82, 2.24) is 5.32 Å². The van der Waals surface area contributed by atoms with Crippen LogP contribution in [0.5, 0.6) is 0 Å². The Morgan fingerprint density at radius 1 is 1.70 bits per heavy atom. The van der Waals surface area contributed by atoms with Gasteiger partial charge in [-0.1, -0.05) is 0 Å². The lowest BCUT2D eigenvalue weighted by molar-refractivity contribution is 0.576. The van der Waals surface area contributed by atoms with Crippen LogP contribution in [0.25, 0.3) is 0 Å². The molecule has 0 saturated carbocycles. The molecular formula is C6H16N2OS. The van der Waals surface area contributed by atoms with Crippen molar-refractivity contribution in [3.8, 4) is 0 Å². The first kappa shape index (κ1) is 10.1. The van der Waals surface area contributed by atoms with Gasteiger partial charge in [0.05, 0.1) is 0 Å². The Morgan fingerprint density at radius 2 is 2.30 bits per heavy atom. The Balaban J connectivity index is 3.11. The summed E-state index contributed by atoms with van der Waals surface area (Å²) in [4.78, 5) is 0. The van der Waals surface area contributed by atoms with Gasteiger partial charge in [-0.25, -0.2) is 0 Å². The molecule has 0 aliphatic heterocycles. The molecule has 2 atom stereocenters. The van der Waals surface area contributed by atoms with E-state index >= 15 is 0 Å². The first-order chi connectivity index (χ1) is 4.66. The van der Waals surface area contributed by atoms with Crippen molar-refractivity contribution >= 4 is 10.8 Å². The third-order valence-corrected chi connectivity index (χ3v) is 2.01. The summed E-state index contributed by atoms with van der Waals surface area (Å²) in [5.74, 6) is 0.713. The van der Waals surface area contributed by atoms with Gasteiger partial charge in [0.25, 0.3) is 0 Å². The van der Waals surface area contributed by atoms with Gasteiger partial charge in [0.1, 0.15) is 0 Å². The summed E-state index contributed by atoms with van der Waals surface area (Å²) in [6.07, 6.45) is 1.70. The number of rotatable bonds is 5. The summed E-state index contributed by atoms with van der Waals surface area (Å²) in [5, 5.41) is 3.15. The van der Waals surface area contributed by atoms with Crippen molar-refractivity contribution in [2.45, 2.75) is 13.0 Å². The predicted molar refractivity (Wildman–Crippen MR) is 45.5 cm³/mol. The Hall–Kier alpha value is 0.0700. The first-order valence-electron chi connectivity index (χ1n) is 3.40. The van der Waals surface area contributed by atoms with Crippen LogP contribution >= 0.6 is 0 Å². The van der Waals surface area contributed by atoms with Gasteiger partial charge in [-0.05, 0) is 6.92 Å². The fourth-order valence-corrected chi connectivity index (χ4v) is 0.938. The zero-order valence-electron chi connectivity index (χ0n) is 6.59. The topological polar surface area (TPSA) is 55.1 Å². The van der Waals surface area contributed by atoms with Gasteiger partial charge in [-0.3, -0.25) is 4.21 Å². The molecule has 0 aromatic rings. The van der Waals surface area contributed by atoms with Crippen molar-refractivity contribution < 1.29 is 4.21 Å². The molecule has 0 fully saturated rings. The summed E-state index contributed by atoms with van der Waals surface area (Å²) in [7, 11) is -0.687. The second-order valence-electron chi connectivity index (χ2n) is 2.37. The number of hydrogen-bond donors (Lipinski definition) is 2. The van der Waals surface area contributed by atoms with E-state index in [-0.39, 0.29) is 0 Å². The molecule has 0 aromatic heterocycles. The van der Waals surface area contributed by atoms with Crippen LogP contribution in [0.2, 0.25) is 0 Å². The maximum absolute atomic E-state index is 10.6. The highest BCUT2D eigenvalue weighted by molar-refractivity contribution is 7.84. The third-order valence-electron chi connectivity index (χ3n) is 1.24.